The zero-order valence-corrected chi connectivity index (χ0v) is 33.1. The van der Waals surface area contributed by atoms with Crippen LogP contribution in [0.4, 0.5) is 17.1 Å². The molecule has 268 valence electrons. The Bertz CT molecular complexity index is 3410. The second-order valence-corrected chi connectivity index (χ2v) is 19.0. The van der Waals surface area contributed by atoms with Gasteiger partial charge < -0.3 is 13.8 Å². The SMILES string of the molecule is Cc1cc2c(cc1N1c3cc4c(cc3B3c5c1cc1ccccc1c5-c1cccc5c6c7ccccc7oc6n3c15)sc1ccccc14)C(C)(C)CCC2(C)C. The first-order valence-corrected chi connectivity index (χ1v) is 20.9. The van der Waals surface area contributed by atoms with Crippen molar-refractivity contribution in [2.45, 2.75) is 58.3 Å². The van der Waals surface area contributed by atoms with Crippen molar-refractivity contribution in [3.05, 3.63) is 138 Å². The Morgan fingerprint density at radius 1 is 0.625 bits per heavy atom. The Kier molecular flexibility index (Phi) is 5.80. The van der Waals surface area contributed by atoms with Gasteiger partial charge in [-0.3, -0.25) is 0 Å². The van der Waals surface area contributed by atoms with Gasteiger partial charge in [-0.15, -0.1) is 11.3 Å². The number of para-hydroxylation sites is 2. The number of rotatable bonds is 1. The van der Waals surface area contributed by atoms with Crippen LogP contribution in [0.2, 0.25) is 0 Å². The quantitative estimate of drug-likeness (QED) is 0.156. The summed E-state index contributed by atoms with van der Waals surface area (Å²) < 4.78 is 12.2. The van der Waals surface area contributed by atoms with Gasteiger partial charge in [-0.2, -0.15) is 0 Å². The van der Waals surface area contributed by atoms with E-state index in [-0.39, 0.29) is 17.7 Å². The molecule has 3 aliphatic rings. The molecule has 0 saturated heterocycles. The molecule has 3 nitrogen and oxygen atoms in total. The van der Waals surface area contributed by atoms with Crippen molar-refractivity contribution in [1.29, 1.82) is 0 Å². The molecule has 5 heteroatoms. The van der Waals surface area contributed by atoms with Crippen LogP contribution < -0.4 is 15.8 Å². The van der Waals surface area contributed by atoms with Crippen LogP contribution in [-0.4, -0.2) is 11.3 Å². The summed E-state index contributed by atoms with van der Waals surface area (Å²) in [5.74, 6) is 0. The highest BCUT2D eigenvalue weighted by molar-refractivity contribution is 7.26. The van der Waals surface area contributed by atoms with Crippen molar-refractivity contribution in [2.24, 2.45) is 0 Å². The van der Waals surface area contributed by atoms with Gasteiger partial charge in [-0.05, 0) is 111 Å². The van der Waals surface area contributed by atoms with Crippen molar-refractivity contribution >= 4 is 110 Å². The van der Waals surface area contributed by atoms with Crippen molar-refractivity contribution < 1.29 is 4.42 Å². The fraction of sp³-hybridized carbons (Fsp3) is 0.176. The van der Waals surface area contributed by atoms with E-state index in [1.807, 2.05) is 11.3 Å². The van der Waals surface area contributed by atoms with Crippen molar-refractivity contribution in [3.63, 3.8) is 0 Å². The second-order valence-electron chi connectivity index (χ2n) is 18.0. The van der Waals surface area contributed by atoms with Crippen molar-refractivity contribution in [2.75, 3.05) is 4.90 Å². The summed E-state index contributed by atoms with van der Waals surface area (Å²) in [4.78, 5) is 2.65. The monoisotopic (exact) mass is 738 g/mol. The van der Waals surface area contributed by atoms with Crippen LogP contribution in [0.15, 0.2) is 126 Å². The first-order chi connectivity index (χ1) is 27.2. The zero-order chi connectivity index (χ0) is 37.4. The normalized spacial score (nSPS) is 16.4. The first kappa shape index (κ1) is 31.4. The van der Waals surface area contributed by atoms with Gasteiger partial charge in [-0.25, -0.2) is 0 Å². The number of fused-ring (bicyclic) bond motifs is 15. The molecule has 0 spiro atoms. The Balaban J connectivity index is 1.24. The lowest BCUT2D eigenvalue weighted by molar-refractivity contribution is 0.332. The Labute approximate surface area is 329 Å². The van der Waals surface area contributed by atoms with Gasteiger partial charge in [0.15, 0.2) is 5.71 Å². The van der Waals surface area contributed by atoms with E-state index in [9.17, 15) is 0 Å². The van der Waals surface area contributed by atoms with Crippen LogP contribution in [-0.2, 0) is 10.8 Å². The standard InChI is InChI=1S/C51H39BN2OS/c1-28-23-36-37(51(4,5)22-21-50(36,2)3)26-39(28)53-40-25-35-31-15-9-11-20-43(31)56-44(35)27-38(40)52-47-41(53)24-29-13-6-7-14-30(29)45(47)33-17-12-18-34-46-32-16-8-10-19-42(32)55-49(46)54(52)48(33)34/h6-20,23-27H,21-22H2,1-5H3. The molecule has 3 aromatic heterocycles. The van der Waals surface area contributed by atoms with Crippen LogP contribution in [0.5, 0.6) is 0 Å². The molecule has 10 aromatic rings. The summed E-state index contributed by atoms with van der Waals surface area (Å²) in [5.41, 5.74) is 16.7. The van der Waals surface area contributed by atoms with Crippen molar-refractivity contribution in [1.82, 2.24) is 4.48 Å². The maximum absolute atomic E-state index is 6.98. The predicted octanol–water partition coefficient (Wildman–Crippen LogP) is 13.1. The number of nitrogens with zero attached hydrogens (tertiary/aromatic N) is 2. The summed E-state index contributed by atoms with van der Waals surface area (Å²) >= 11 is 1.91. The average molecular weight is 739 g/mol. The summed E-state index contributed by atoms with van der Waals surface area (Å²) in [6.07, 6.45) is 2.37. The summed E-state index contributed by atoms with van der Waals surface area (Å²) in [6, 6.07) is 46.1. The molecule has 2 aliphatic heterocycles. The molecule has 56 heavy (non-hydrogen) atoms. The lowest BCUT2D eigenvalue weighted by atomic mass is 9.45. The molecule has 0 bridgehead atoms. The van der Waals surface area contributed by atoms with Crippen LogP contribution in [0, 0.1) is 6.92 Å². The fourth-order valence-electron chi connectivity index (χ4n) is 11.1. The number of thiophene rings is 1. The van der Waals surface area contributed by atoms with Crippen LogP contribution >= 0.6 is 11.3 Å². The molecule has 0 atom stereocenters. The molecule has 0 N–H and O–H groups in total. The van der Waals surface area contributed by atoms with Gasteiger partial charge in [0, 0.05) is 59.1 Å². The van der Waals surface area contributed by atoms with Crippen LogP contribution in [0.3, 0.4) is 0 Å². The van der Waals surface area contributed by atoms with Gasteiger partial charge in [0.2, 0.25) is 0 Å². The van der Waals surface area contributed by atoms with Crippen LogP contribution in [0.1, 0.15) is 57.2 Å². The van der Waals surface area contributed by atoms with E-state index < -0.39 is 0 Å². The molecule has 0 amide bonds. The third-order valence-electron chi connectivity index (χ3n) is 13.9. The number of anilines is 3. The average Bonchev–Trinajstić information content (AvgIpc) is 3.86. The highest BCUT2D eigenvalue weighted by Gasteiger charge is 2.46. The zero-order valence-electron chi connectivity index (χ0n) is 32.2. The topological polar surface area (TPSA) is 21.3 Å². The minimum Gasteiger partial charge on any atom is -0.441 e. The summed E-state index contributed by atoms with van der Waals surface area (Å²) in [6.45, 7) is 12.0. The molecular weight excluding hydrogens is 699 g/mol. The predicted molar refractivity (Wildman–Crippen MR) is 240 cm³/mol. The van der Waals surface area contributed by atoms with E-state index in [1.165, 1.54) is 121 Å². The van der Waals surface area contributed by atoms with Gasteiger partial charge in [0.1, 0.15) is 5.58 Å². The molecule has 7 aromatic carbocycles. The van der Waals surface area contributed by atoms with Gasteiger partial charge >= 0.3 is 6.85 Å². The molecular formula is C51H39BN2OS. The molecule has 0 radical (unpaired) electrons. The van der Waals surface area contributed by atoms with E-state index in [1.54, 1.807) is 0 Å². The minimum atomic E-state index is -0.0887. The summed E-state index contributed by atoms with van der Waals surface area (Å²) in [5, 5.41) is 8.84. The Hall–Kier alpha value is -5.78. The van der Waals surface area contributed by atoms with Crippen LogP contribution in [0.25, 0.3) is 75.0 Å². The maximum Gasteiger partial charge on any atom is 0.336 e. The van der Waals surface area contributed by atoms with E-state index in [2.05, 4.69) is 165 Å². The van der Waals surface area contributed by atoms with E-state index in [0.29, 0.717) is 0 Å². The smallest absolute Gasteiger partial charge is 0.336 e. The Morgan fingerprint density at radius 3 is 2.18 bits per heavy atom. The number of hydrogen-bond donors (Lipinski definition) is 0. The largest absolute Gasteiger partial charge is 0.441 e. The molecule has 5 heterocycles. The lowest BCUT2D eigenvalue weighted by Crippen LogP contribution is -2.56. The molecule has 0 unspecified atom stereocenters. The number of hydrogen-bond acceptors (Lipinski definition) is 3. The van der Waals surface area contributed by atoms with E-state index in [4.69, 9.17) is 4.42 Å². The number of aromatic nitrogens is 1. The number of furan rings is 1. The maximum atomic E-state index is 6.98. The third kappa shape index (κ3) is 3.80. The molecule has 0 saturated carbocycles. The highest BCUT2D eigenvalue weighted by atomic mass is 32.1. The summed E-state index contributed by atoms with van der Waals surface area (Å²) in [7, 11) is 0. The van der Waals surface area contributed by atoms with Gasteiger partial charge in [0.25, 0.3) is 0 Å². The highest BCUT2D eigenvalue weighted by Crippen LogP contribution is 2.53. The number of benzene rings is 7. The van der Waals surface area contributed by atoms with Gasteiger partial charge in [0.05, 0.1) is 5.39 Å². The second kappa shape index (κ2) is 10.3. The van der Waals surface area contributed by atoms with E-state index >= 15 is 0 Å². The van der Waals surface area contributed by atoms with Gasteiger partial charge in [-0.1, -0.05) is 113 Å². The van der Waals surface area contributed by atoms with Crippen molar-refractivity contribution in [3.8, 4) is 11.1 Å². The minimum absolute atomic E-state index is 0.0768. The lowest BCUT2D eigenvalue weighted by Gasteiger charge is -2.44. The third-order valence-corrected chi connectivity index (χ3v) is 15.1. The molecule has 13 rings (SSSR count). The van der Waals surface area contributed by atoms with E-state index in [0.717, 1.165) is 11.3 Å². The number of aryl methyl sites for hydroxylation is 1. The fourth-order valence-corrected chi connectivity index (χ4v) is 12.2. The molecule has 0 fully saturated rings. The first-order valence-electron chi connectivity index (χ1n) is 20.1. The Morgan fingerprint density at radius 2 is 1.34 bits per heavy atom. The molecule has 1 aliphatic carbocycles.